The van der Waals surface area contributed by atoms with Crippen LogP contribution in [0.15, 0.2) is 54.6 Å². The van der Waals surface area contributed by atoms with Gasteiger partial charge in [-0.15, -0.1) is 0 Å². The Kier molecular flexibility index (Phi) is 3.33. The second-order valence-electron chi connectivity index (χ2n) is 5.09. The van der Waals surface area contributed by atoms with Gasteiger partial charge in [0, 0.05) is 11.8 Å². The summed E-state index contributed by atoms with van der Waals surface area (Å²) in [4.78, 5) is 12.0. The van der Waals surface area contributed by atoms with E-state index in [0.717, 1.165) is 5.75 Å². The topological polar surface area (TPSA) is 62.1 Å². The highest BCUT2D eigenvalue weighted by Gasteiger charge is 2.50. The maximum Gasteiger partial charge on any atom is 0.244 e. The first kappa shape index (κ1) is 13.2. The highest BCUT2D eigenvalue weighted by atomic mass is 16.5. The summed E-state index contributed by atoms with van der Waals surface area (Å²) in [6, 6.07) is 18.7. The Hall–Kier alpha value is -2.80. The maximum absolute atomic E-state index is 12.0. The zero-order valence-corrected chi connectivity index (χ0v) is 11.4. The van der Waals surface area contributed by atoms with E-state index >= 15 is 0 Å². The van der Waals surface area contributed by atoms with Crippen molar-refractivity contribution in [2.45, 2.75) is 12.8 Å². The molecule has 1 amide bonds. The zero-order chi connectivity index (χ0) is 14.7. The van der Waals surface area contributed by atoms with Crippen LogP contribution in [0.1, 0.15) is 12.8 Å². The molecule has 2 aromatic rings. The Morgan fingerprint density at radius 3 is 2.48 bits per heavy atom. The summed E-state index contributed by atoms with van der Waals surface area (Å²) >= 11 is 0. The molecule has 1 N–H and O–H groups in total. The van der Waals surface area contributed by atoms with Gasteiger partial charge in [-0.3, -0.25) is 4.79 Å². The summed E-state index contributed by atoms with van der Waals surface area (Å²) in [5.41, 5.74) is -0.189. The number of carbonyl (C=O) groups excluding carboxylic acids is 1. The number of nitrogens with one attached hydrogen (secondary N) is 1. The number of rotatable bonds is 4. The predicted octanol–water partition coefficient (Wildman–Crippen LogP) is 3.72. The third-order valence-corrected chi connectivity index (χ3v) is 3.47. The van der Waals surface area contributed by atoms with Crippen molar-refractivity contribution in [3.05, 3.63) is 54.6 Å². The van der Waals surface area contributed by atoms with Crippen LogP contribution in [0.4, 0.5) is 5.69 Å². The average molecular weight is 278 g/mol. The van der Waals surface area contributed by atoms with E-state index in [4.69, 9.17) is 10.00 Å². The summed E-state index contributed by atoms with van der Waals surface area (Å²) in [6.07, 6.45) is 1.27. The lowest BCUT2D eigenvalue weighted by molar-refractivity contribution is -0.119. The number of hydrogen-bond donors (Lipinski definition) is 1. The molecule has 2 aromatic carbocycles. The number of carbonyl (C=O) groups is 1. The van der Waals surface area contributed by atoms with E-state index < -0.39 is 5.41 Å². The van der Waals surface area contributed by atoms with Crippen molar-refractivity contribution in [3.63, 3.8) is 0 Å². The van der Waals surface area contributed by atoms with Crippen molar-refractivity contribution >= 4 is 11.6 Å². The molecule has 0 unspecified atom stereocenters. The molecule has 0 heterocycles. The third-order valence-electron chi connectivity index (χ3n) is 3.47. The fourth-order valence-electron chi connectivity index (χ4n) is 2.03. The highest BCUT2D eigenvalue weighted by molar-refractivity contribution is 5.99. The smallest absolute Gasteiger partial charge is 0.244 e. The lowest BCUT2D eigenvalue weighted by Crippen LogP contribution is -2.22. The second kappa shape index (κ2) is 5.29. The first-order chi connectivity index (χ1) is 10.2. The molecule has 0 atom stereocenters. The Labute approximate surface area is 123 Å². The van der Waals surface area contributed by atoms with Crippen molar-refractivity contribution in [1.82, 2.24) is 0 Å². The van der Waals surface area contributed by atoms with E-state index in [1.165, 1.54) is 0 Å². The lowest BCUT2D eigenvalue weighted by Gasteiger charge is -2.10. The number of ether oxygens (including phenoxy) is 1. The number of anilines is 1. The summed E-state index contributed by atoms with van der Waals surface area (Å²) in [5.74, 6) is 1.14. The molecular formula is C17H14N2O2. The number of amides is 1. The fraction of sp³-hybridized carbons (Fsp3) is 0.176. The van der Waals surface area contributed by atoms with Crippen LogP contribution in [0.25, 0.3) is 0 Å². The van der Waals surface area contributed by atoms with Gasteiger partial charge in [-0.05, 0) is 37.1 Å². The summed E-state index contributed by atoms with van der Waals surface area (Å²) in [7, 11) is 0. The van der Waals surface area contributed by atoms with Gasteiger partial charge in [-0.2, -0.15) is 5.26 Å². The molecule has 21 heavy (non-hydrogen) atoms. The van der Waals surface area contributed by atoms with E-state index in [0.29, 0.717) is 24.3 Å². The van der Waals surface area contributed by atoms with Crippen LogP contribution in [0.5, 0.6) is 11.5 Å². The molecule has 4 heteroatoms. The van der Waals surface area contributed by atoms with Crippen LogP contribution in [0.2, 0.25) is 0 Å². The predicted molar refractivity (Wildman–Crippen MR) is 78.9 cm³/mol. The summed E-state index contributed by atoms with van der Waals surface area (Å²) in [6.45, 7) is 0. The van der Waals surface area contributed by atoms with Gasteiger partial charge in [0.1, 0.15) is 16.9 Å². The molecule has 0 radical (unpaired) electrons. The molecule has 1 aliphatic rings. The molecule has 0 saturated heterocycles. The quantitative estimate of drug-likeness (QED) is 0.927. The van der Waals surface area contributed by atoms with Gasteiger partial charge >= 0.3 is 0 Å². The molecule has 0 aliphatic heterocycles. The molecule has 4 nitrogen and oxygen atoms in total. The van der Waals surface area contributed by atoms with E-state index in [1.807, 2.05) is 36.4 Å². The first-order valence-electron chi connectivity index (χ1n) is 6.78. The minimum atomic E-state index is -0.823. The Balaban J connectivity index is 1.72. The zero-order valence-electron chi connectivity index (χ0n) is 11.4. The SMILES string of the molecule is N#CC1(C(=O)Nc2cccc(Oc3ccccc3)c2)CC1. The normalized spacial score (nSPS) is 14.8. The molecular weight excluding hydrogens is 264 g/mol. The van der Waals surface area contributed by atoms with E-state index in [-0.39, 0.29) is 5.91 Å². The van der Waals surface area contributed by atoms with Crippen molar-refractivity contribution < 1.29 is 9.53 Å². The van der Waals surface area contributed by atoms with Crippen molar-refractivity contribution in [1.29, 1.82) is 5.26 Å². The van der Waals surface area contributed by atoms with Crippen molar-refractivity contribution in [2.75, 3.05) is 5.32 Å². The minimum absolute atomic E-state index is 0.234. The minimum Gasteiger partial charge on any atom is -0.457 e. The first-order valence-corrected chi connectivity index (χ1v) is 6.78. The van der Waals surface area contributed by atoms with E-state index in [1.54, 1.807) is 18.2 Å². The maximum atomic E-state index is 12.0. The lowest BCUT2D eigenvalue weighted by atomic mass is 10.1. The van der Waals surface area contributed by atoms with Crippen LogP contribution < -0.4 is 10.1 Å². The molecule has 1 saturated carbocycles. The van der Waals surface area contributed by atoms with Crippen LogP contribution >= 0.6 is 0 Å². The second-order valence-corrected chi connectivity index (χ2v) is 5.09. The van der Waals surface area contributed by atoms with Crippen molar-refractivity contribution in [2.24, 2.45) is 5.41 Å². The van der Waals surface area contributed by atoms with Gasteiger partial charge in [0.15, 0.2) is 0 Å². The Bertz CT molecular complexity index is 700. The standard InChI is InChI=1S/C17H14N2O2/c18-12-17(9-10-17)16(20)19-13-5-4-8-15(11-13)21-14-6-2-1-3-7-14/h1-8,11H,9-10H2,(H,19,20). The van der Waals surface area contributed by atoms with Gasteiger partial charge in [0.05, 0.1) is 6.07 Å². The average Bonchev–Trinajstić information content (AvgIpc) is 3.30. The Morgan fingerprint density at radius 2 is 1.81 bits per heavy atom. The fourth-order valence-corrected chi connectivity index (χ4v) is 2.03. The molecule has 0 aromatic heterocycles. The van der Waals surface area contributed by atoms with Crippen LogP contribution in [-0.4, -0.2) is 5.91 Å². The number of nitrogens with zero attached hydrogens (tertiary/aromatic N) is 1. The van der Waals surface area contributed by atoms with Crippen LogP contribution in [0, 0.1) is 16.7 Å². The molecule has 3 rings (SSSR count). The van der Waals surface area contributed by atoms with Gasteiger partial charge < -0.3 is 10.1 Å². The van der Waals surface area contributed by atoms with Gasteiger partial charge in [-0.25, -0.2) is 0 Å². The monoisotopic (exact) mass is 278 g/mol. The van der Waals surface area contributed by atoms with E-state index in [2.05, 4.69) is 11.4 Å². The largest absolute Gasteiger partial charge is 0.457 e. The summed E-state index contributed by atoms with van der Waals surface area (Å²) in [5, 5.41) is 11.8. The molecule has 1 aliphatic carbocycles. The van der Waals surface area contributed by atoms with Gasteiger partial charge in [0.2, 0.25) is 5.91 Å². The van der Waals surface area contributed by atoms with Gasteiger partial charge in [-0.1, -0.05) is 24.3 Å². The Morgan fingerprint density at radius 1 is 1.10 bits per heavy atom. The third kappa shape index (κ3) is 2.87. The number of hydrogen-bond acceptors (Lipinski definition) is 3. The summed E-state index contributed by atoms with van der Waals surface area (Å²) < 4.78 is 5.71. The molecule has 0 spiro atoms. The number of nitriles is 1. The molecule has 1 fully saturated rings. The van der Waals surface area contributed by atoms with Crippen molar-refractivity contribution in [3.8, 4) is 17.6 Å². The molecule has 0 bridgehead atoms. The van der Waals surface area contributed by atoms with Crippen LogP contribution in [0.3, 0.4) is 0 Å². The van der Waals surface area contributed by atoms with Crippen LogP contribution in [-0.2, 0) is 4.79 Å². The molecule has 104 valence electrons. The highest BCUT2D eigenvalue weighted by Crippen LogP contribution is 2.45. The van der Waals surface area contributed by atoms with Gasteiger partial charge in [0.25, 0.3) is 0 Å². The van der Waals surface area contributed by atoms with E-state index in [9.17, 15) is 4.79 Å². The number of para-hydroxylation sites is 1. The number of benzene rings is 2.